The van der Waals surface area contributed by atoms with Gasteiger partial charge in [-0.25, -0.2) is 13.4 Å². The third kappa shape index (κ3) is 3.01. The number of amides is 1. The Morgan fingerprint density at radius 3 is 2.59 bits per heavy atom. The summed E-state index contributed by atoms with van der Waals surface area (Å²) < 4.78 is 22.7. The highest BCUT2D eigenvalue weighted by atomic mass is 32.2. The molecular weight excluding hydrogens is 300 g/mol. The standard InChI is InChI=1S/C16H16N2O3S/c1-22(20,21)15-8-7-14(10-17-15)18-16(19)13-6-5-11-3-2-4-12(11)9-13/h5-10H,2-4H2,1H3,(H,18,19). The third-order valence-electron chi connectivity index (χ3n) is 3.73. The van der Waals surface area contributed by atoms with Gasteiger partial charge < -0.3 is 5.32 Å². The SMILES string of the molecule is CS(=O)(=O)c1ccc(NC(=O)c2ccc3c(c2)CCC3)cn1. The molecule has 0 saturated carbocycles. The van der Waals surface area contributed by atoms with Gasteiger partial charge in [-0.15, -0.1) is 0 Å². The van der Waals surface area contributed by atoms with Gasteiger partial charge in [0.2, 0.25) is 0 Å². The lowest BCUT2D eigenvalue weighted by Gasteiger charge is -2.07. The normalized spacial score (nSPS) is 13.7. The Morgan fingerprint density at radius 1 is 1.14 bits per heavy atom. The van der Waals surface area contributed by atoms with Crippen molar-refractivity contribution >= 4 is 21.4 Å². The molecule has 1 heterocycles. The van der Waals surface area contributed by atoms with Crippen molar-refractivity contribution in [3.63, 3.8) is 0 Å². The number of nitrogens with one attached hydrogen (secondary N) is 1. The first-order valence-corrected chi connectivity index (χ1v) is 8.92. The third-order valence-corrected chi connectivity index (χ3v) is 4.74. The molecule has 2 aromatic rings. The molecule has 22 heavy (non-hydrogen) atoms. The molecule has 0 bridgehead atoms. The number of sulfone groups is 1. The molecule has 6 heteroatoms. The molecule has 0 saturated heterocycles. The molecular formula is C16H16N2O3S. The van der Waals surface area contributed by atoms with E-state index in [4.69, 9.17) is 0 Å². The fraction of sp³-hybridized carbons (Fsp3) is 0.250. The van der Waals surface area contributed by atoms with Gasteiger partial charge in [-0.2, -0.15) is 0 Å². The van der Waals surface area contributed by atoms with Crippen molar-refractivity contribution in [3.05, 3.63) is 53.2 Å². The first-order valence-electron chi connectivity index (χ1n) is 7.03. The van der Waals surface area contributed by atoms with E-state index < -0.39 is 9.84 Å². The van der Waals surface area contributed by atoms with Crippen LogP contribution >= 0.6 is 0 Å². The summed E-state index contributed by atoms with van der Waals surface area (Å²) in [6.45, 7) is 0. The van der Waals surface area contributed by atoms with Gasteiger partial charge in [0.25, 0.3) is 5.91 Å². The van der Waals surface area contributed by atoms with Crippen molar-refractivity contribution in [1.29, 1.82) is 0 Å². The number of rotatable bonds is 3. The number of aryl methyl sites for hydroxylation is 2. The molecule has 1 aliphatic carbocycles. The van der Waals surface area contributed by atoms with Crippen LogP contribution in [-0.4, -0.2) is 25.6 Å². The zero-order valence-corrected chi connectivity index (χ0v) is 13.0. The second kappa shape index (κ2) is 5.53. The van der Waals surface area contributed by atoms with Crippen molar-refractivity contribution < 1.29 is 13.2 Å². The van der Waals surface area contributed by atoms with Crippen molar-refractivity contribution in [1.82, 2.24) is 4.98 Å². The summed E-state index contributed by atoms with van der Waals surface area (Å²) in [6.07, 6.45) is 5.67. The summed E-state index contributed by atoms with van der Waals surface area (Å²) >= 11 is 0. The van der Waals surface area contributed by atoms with Crippen molar-refractivity contribution in [3.8, 4) is 0 Å². The van der Waals surface area contributed by atoms with Crippen LogP contribution in [0.25, 0.3) is 0 Å². The van der Waals surface area contributed by atoms with Gasteiger partial charge in [-0.3, -0.25) is 4.79 Å². The molecule has 1 aliphatic rings. The van der Waals surface area contributed by atoms with Crippen molar-refractivity contribution in [2.45, 2.75) is 24.3 Å². The van der Waals surface area contributed by atoms with E-state index in [0.29, 0.717) is 11.3 Å². The summed E-state index contributed by atoms with van der Waals surface area (Å²) in [5.74, 6) is -0.219. The second-order valence-electron chi connectivity index (χ2n) is 5.45. The molecule has 1 N–H and O–H groups in total. The Kier molecular flexibility index (Phi) is 3.70. The van der Waals surface area contributed by atoms with Gasteiger partial charge in [-0.1, -0.05) is 6.07 Å². The van der Waals surface area contributed by atoms with E-state index in [1.165, 1.54) is 29.5 Å². The Balaban J connectivity index is 1.77. The smallest absolute Gasteiger partial charge is 0.255 e. The maximum absolute atomic E-state index is 12.2. The summed E-state index contributed by atoms with van der Waals surface area (Å²) in [7, 11) is -3.33. The Hall–Kier alpha value is -2.21. The topological polar surface area (TPSA) is 76.1 Å². The summed E-state index contributed by atoms with van der Waals surface area (Å²) in [4.78, 5) is 16.1. The van der Waals surface area contributed by atoms with Crippen molar-refractivity contribution in [2.75, 3.05) is 11.6 Å². The average Bonchev–Trinajstić information content (AvgIpc) is 2.94. The molecule has 0 atom stereocenters. The number of carbonyl (C=O) groups is 1. The van der Waals surface area contributed by atoms with E-state index in [1.807, 2.05) is 18.2 Å². The maximum atomic E-state index is 12.2. The minimum atomic E-state index is -3.33. The molecule has 5 nitrogen and oxygen atoms in total. The molecule has 1 amide bonds. The molecule has 3 rings (SSSR count). The predicted molar refractivity (Wildman–Crippen MR) is 83.8 cm³/mol. The molecule has 1 aromatic carbocycles. The minimum absolute atomic E-state index is 0.0111. The van der Waals surface area contributed by atoms with Gasteiger partial charge in [0, 0.05) is 11.8 Å². The lowest BCUT2D eigenvalue weighted by atomic mass is 10.1. The zero-order chi connectivity index (χ0) is 15.7. The predicted octanol–water partition coefficient (Wildman–Crippen LogP) is 2.23. The van der Waals surface area contributed by atoms with Gasteiger partial charge in [0.15, 0.2) is 14.9 Å². The van der Waals surface area contributed by atoms with Crippen LogP contribution in [0.4, 0.5) is 5.69 Å². The van der Waals surface area contributed by atoms with Crippen LogP contribution in [0.2, 0.25) is 0 Å². The number of hydrogen-bond donors (Lipinski definition) is 1. The monoisotopic (exact) mass is 316 g/mol. The Morgan fingerprint density at radius 2 is 1.91 bits per heavy atom. The summed E-state index contributed by atoms with van der Waals surface area (Å²) in [5.41, 5.74) is 3.62. The lowest BCUT2D eigenvalue weighted by molar-refractivity contribution is 0.102. The van der Waals surface area contributed by atoms with Gasteiger partial charge >= 0.3 is 0 Å². The number of anilines is 1. The number of nitrogens with zero attached hydrogens (tertiary/aromatic N) is 1. The fourth-order valence-corrected chi connectivity index (χ4v) is 3.15. The summed E-state index contributed by atoms with van der Waals surface area (Å²) in [5, 5.41) is 2.72. The number of benzene rings is 1. The number of carbonyl (C=O) groups excluding carboxylic acids is 1. The second-order valence-corrected chi connectivity index (χ2v) is 7.41. The van der Waals surface area contributed by atoms with Crippen LogP contribution < -0.4 is 5.32 Å². The largest absolute Gasteiger partial charge is 0.321 e. The van der Waals surface area contributed by atoms with E-state index in [9.17, 15) is 13.2 Å². The lowest BCUT2D eigenvalue weighted by Crippen LogP contribution is -2.13. The molecule has 0 spiro atoms. The highest BCUT2D eigenvalue weighted by Crippen LogP contribution is 2.23. The minimum Gasteiger partial charge on any atom is -0.321 e. The van der Waals surface area contributed by atoms with Crippen molar-refractivity contribution in [2.24, 2.45) is 0 Å². The van der Waals surface area contributed by atoms with Crippen LogP contribution in [0, 0.1) is 0 Å². The van der Waals surface area contributed by atoms with Crippen LogP contribution in [0.1, 0.15) is 27.9 Å². The average molecular weight is 316 g/mol. The van der Waals surface area contributed by atoms with E-state index in [-0.39, 0.29) is 10.9 Å². The van der Waals surface area contributed by atoms with E-state index in [2.05, 4.69) is 10.3 Å². The van der Waals surface area contributed by atoms with E-state index in [1.54, 1.807) is 0 Å². The van der Waals surface area contributed by atoms with Crippen LogP contribution in [-0.2, 0) is 22.7 Å². The molecule has 1 aromatic heterocycles. The molecule has 114 valence electrons. The Labute approximate surface area is 129 Å². The fourth-order valence-electron chi connectivity index (χ4n) is 2.59. The van der Waals surface area contributed by atoms with E-state index >= 15 is 0 Å². The zero-order valence-electron chi connectivity index (χ0n) is 12.2. The number of pyridine rings is 1. The van der Waals surface area contributed by atoms with Gasteiger partial charge in [0.05, 0.1) is 11.9 Å². The number of hydrogen-bond acceptors (Lipinski definition) is 4. The Bertz CT molecular complexity index is 827. The van der Waals surface area contributed by atoms with Crippen LogP contribution in [0.5, 0.6) is 0 Å². The summed E-state index contributed by atoms with van der Waals surface area (Å²) in [6, 6.07) is 8.66. The highest BCUT2D eigenvalue weighted by molar-refractivity contribution is 7.90. The first-order chi connectivity index (χ1) is 10.4. The van der Waals surface area contributed by atoms with Gasteiger partial charge in [0.1, 0.15) is 0 Å². The quantitative estimate of drug-likeness (QED) is 0.942. The van der Waals surface area contributed by atoms with Gasteiger partial charge in [-0.05, 0) is 54.7 Å². The number of fused-ring (bicyclic) bond motifs is 1. The molecule has 0 unspecified atom stereocenters. The van der Waals surface area contributed by atoms with E-state index in [0.717, 1.165) is 25.5 Å². The highest BCUT2D eigenvalue weighted by Gasteiger charge is 2.14. The molecule has 0 fully saturated rings. The maximum Gasteiger partial charge on any atom is 0.255 e. The first kappa shape index (κ1) is 14.7. The molecule has 0 aliphatic heterocycles. The van der Waals surface area contributed by atoms with Crippen LogP contribution in [0.3, 0.4) is 0 Å². The van der Waals surface area contributed by atoms with Crippen LogP contribution in [0.15, 0.2) is 41.6 Å². The molecule has 0 radical (unpaired) electrons. The number of aromatic nitrogens is 1.